The van der Waals surface area contributed by atoms with Crippen LogP contribution in [-0.4, -0.2) is 17.0 Å². The highest BCUT2D eigenvalue weighted by molar-refractivity contribution is 9.10. The number of carbonyl (C=O) groups is 1. The molecule has 3 aliphatic carbocycles. The summed E-state index contributed by atoms with van der Waals surface area (Å²) in [5.74, 6) is 2.66. The van der Waals surface area contributed by atoms with E-state index in [2.05, 4.69) is 25.8 Å². The standard InChI is InChI=1S/C16H21BrN2O/c17-13-7-15(19(9-13)14-3-4-14)16(20)18-8-12-6-10-1-2-11(12)5-10/h7,9-12,14H,1-6,8H2,(H,18,20). The predicted octanol–water partition coefficient (Wildman–Crippen LogP) is 3.75. The third-order valence-electron chi connectivity index (χ3n) is 5.40. The van der Waals surface area contributed by atoms with Crippen LogP contribution in [0, 0.1) is 17.8 Å². The van der Waals surface area contributed by atoms with Gasteiger partial charge in [-0.1, -0.05) is 6.42 Å². The van der Waals surface area contributed by atoms with Gasteiger partial charge >= 0.3 is 0 Å². The molecule has 1 aromatic heterocycles. The number of hydrogen-bond donors (Lipinski definition) is 1. The number of amides is 1. The average molecular weight is 337 g/mol. The molecule has 2 bridgehead atoms. The lowest BCUT2D eigenvalue weighted by molar-refractivity contribution is 0.0932. The van der Waals surface area contributed by atoms with Crippen molar-refractivity contribution in [3.63, 3.8) is 0 Å². The van der Waals surface area contributed by atoms with E-state index in [0.29, 0.717) is 6.04 Å². The highest BCUT2D eigenvalue weighted by Gasteiger charge is 2.39. The molecule has 0 aromatic carbocycles. The minimum absolute atomic E-state index is 0.102. The highest BCUT2D eigenvalue weighted by atomic mass is 79.9. The Morgan fingerprint density at radius 2 is 2.15 bits per heavy atom. The number of rotatable bonds is 4. The van der Waals surface area contributed by atoms with Gasteiger partial charge in [0, 0.05) is 23.3 Å². The van der Waals surface area contributed by atoms with Gasteiger partial charge in [-0.3, -0.25) is 4.79 Å². The van der Waals surface area contributed by atoms with Crippen molar-refractivity contribution in [2.24, 2.45) is 17.8 Å². The van der Waals surface area contributed by atoms with E-state index in [9.17, 15) is 4.79 Å². The van der Waals surface area contributed by atoms with Crippen molar-refractivity contribution in [3.8, 4) is 0 Å². The van der Waals surface area contributed by atoms with Gasteiger partial charge in [-0.15, -0.1) is 0 Å². The molecule has 4 rings (SSSR count). The molecule has 1 amide bonds. The minimum Gasteiger partial charge on any atom is -0.350 e. The number of hydrogen-bond acceptors (Lipinski definition) is 1. The topological polar surface area (TPSA) is 34.0 Å². The molecule has 3 aliphatic rings. The zero-order valence-electron chi connectivity index (χ0n) is 11.6. The fraction of sp³-hybridized carbons (Fsp3) is 0.688. The first-order valence-electron chi connectivity index (χ1n) is 7.86. The summed E-state index contributed by atoms with van der Waals surface area (Å²) in [4.78, 5) is 12.4. The molecule has 1 aromatic rings. The first kappa shape index (κ1) is 12.9. The van der Waals surface area contributed by atoms with Crippen LogP contribution in [-0.2, 0) is 0 Å². The Balaban J connectivity index is 1.40. The Morgan fingerprint density at radius 3 is 2.80 bits per heavy atom. The molecule has 3 unspecified atom stereocenters. The zero-order valence-corrected chi connectivity index (χ0v) is 13.2. The normalized spacial score (nSPS) is 31.8. The van der Waals surface area contributed by atoms with Crippen LogP contribution in [0.3, 0.4) is 0 Å². The monoisotopic (exact) mass is 336 g/mol. The van der Waals surface area contributed by atoms with Crippen molar-refractivity contribution in [2.75, 3.05) is 6.54 Å². The molecule has 20 heavy (non-hydrogen) atoms. The molecule has 1 heterocycles. The van der Waals surface area contributed by atoms with Crippen molar-refractivity contribution in [1.29, 1.82) is 0 Å². The molecule has 108 valence electrons. The Morgan fingerprint density at radius 1 is 1.30 bits per heavy atom. The second-order valence-corrected chi connectivity index (χ2v) is 7.74. The van der Waals surface area contributed by atoms with Crippen LogP contribution in [0.2, 0.25) is 0 Å². The molecule has 3 nitrogen and oxygen atoms in total. The molecule has 1 N–H and O–H groups in total. The van der Waals surface area contributed by atoms with Crippen LogP contribution < -0.4 is 5.32 Å². The smallest absolute Gasteiger partial charge is 0.267 e. The number of nitrogens with zero attached hydrogens (tertiary/aromatic N) is 1. The van der Waals surface area contributed by atoms with Crippen LogP contribution >= 0.6 is 15.9 Å². The third kappa shape index (κ3) is 2.32. The van der Waals surface area contributed by atoms with E-state index in [1.807, 2.05) is 12.3 Å². The Bertz CT molecular complexity index is 535. The molecular formula is C16H21BrN2O. The van der Waals surface area contributed by atoms with Gasteiger partial charge in [-0.05, 0) is 71.9 Å². The van der Waals surface area contributed by atoms with Gasteiger partial charge in [0.15, 0.2) is 0 Å². The summed E-state index contributed by atoms with van der Waals surface area (Å²) in [5.41, 5.74) is 0.822. The second kappa shape index (κ2) is 4.90. The van der Waals surface area contributed by atoms with Gasteiger partial charge in [-0.2, -0.15) is 0 Å². The quantitative estimate of drug-likeness (QED) is 0.892. The Labute approximate surface area is 128 Å². The van der Waals surface area contributed by atoms with Gasteiger partial charge in [0.25, 0.3) is 5.91 Å². The maximum Gasteiger partial charge on any atom is 0.267 e. The van der Waals surface area contributed by atoms with E-state index >= 15 is 0 Å². The van der Waals surface area contributed by atoms with E-state index in [0.717, 1.165) is 34.5 Å². The SMILES string of the molecule is O=C(NCC1CC2CCC1C2)c1cc(Br)cn1C1CC1. The average Bonchev–Trinajstić information content (AvgIpc) is 2.89. The van der Waals surface area contributed by atoms with E-state index in [1.165, 1.54) is 38.5 Å². The first-order valence-corrected chi connectivity index (χ1v) is 8.65. The second-order valence-electron chi connectivity index (χ2n) is 6.83. The summed E-state index contributed by atoms with van der Waals surface area (Å²) in [6.07, 6.45) is 10.00. The fourth-order valence-electron chi connectivity index (χ4n) is 4.22. The summed E-state index contributed by atoms with van der Waals surface area (Å²) >= 11 is 3.49. The summed E-state index contributed by atoms with van der Waals surface area (Å²) in [6.45, 7) is 0.869. The summed E-state index contributed by atoms with van der Waals surface area (Å²) in [6, 6.07) is 2.50. The number of aromatic nitrogens is 1. The maximum atomic E-state index is 12.4. The summed E-state index contributed by atoms with van der Waals surface area (Å²) in [5, 5.41) is 3.18. The zero-order chi connectivity index (χ0) is 13.7. The number of halogens is 1. The van der Waals surface area contributed by atoms with Gasteiger partial charge in [0.1, 0.15) is 5.69 Å². The predicted molar refractivity (Wildman–Crippen MR) is 81.7 cm³/mol. The van der Waals surface area contributed by atoms with Crippen molar-refractivity contribution < 1.29 is 4.79 Å². The van der Waals surface area contributed by atoms with Crippen molar-refractivity contribution in [2.45, 2.75) is 44.6 Å². The van der Waals surface area contributed by atoms with Gasteiger partial charge in [0.05, 0.1) is 0 Å². The molecule has 4 heteroatoms. The number of nitrogens with one attached hydrogen (secondary N) is 1. The molecule has 0 radical (unpaired) electrons. The Hall–Kier alpha value is -0.770. The lowest BCUT2D eigenvalue weighted by Crippen LogP contribution is -2.32. The van der Waals surface area contributed by atoms with E-state index < -0.39 is 0 Å². The third-order valence-corrected chi connectivity index (χ3v) is 5.83. The number of carbonyl (C=O) groups excluding carboxylic acids is 1. The van der Waals surface area contributed by atoms with Crippen molar-refractivity contribution >= 4 is 21.8 Å². The van der Waals surface area contributed by atoms with E-state index in [1.54, 1.807) is 0 Å². The van der Waals surface area contributed by atoms with Crippen LogP contribution in [0.25, 0.3) is 0 Å². The van der Waals surface area contributed by atoms with E-state index in [4.69, 9.17) is 0 Å². The summed E-state index contributed by atoms with van der Waals surface area (Å²) in [7, 11) is 0. The largest absolute Gasteiger partial charge is 0.350 e. The fourth-order valence-corrected chi connectivity index (χ4v) is 4.66. The van der Waals surface area contributed by atoms with Crippen LogP contribution in [0.15, 0.2) is 16.7 Å². The maximum absolute atomic E-state index is 12.4. The highest BCUT2D eigenvalue weighted by Crippen LogP contribution is 2.48. The lowest BCUT2D eigenvalue weighted by Gasteiger charge is -2.22. The van der Waals surface area contributed by atoms with Crippen LogP contribution in [0.5, 0.6) is 0 Å². The molecule has 3 atom stereocenters. The molecule has 0 spiro atoms. The van der Waals surface area contributed by atoms with Gasteiger partial charge < -0.3 is 9.88 Å². The Kier molecular flexibility index (Phi) is 3.17. The first-order chi connectivity index (χ1) is 9.70. The summed E-state index contributed by atoms with van der Waals surface area (Å²) < 4.78 is 3.15. The van der Waals surface area contributed by atoms with Gasteiger partial charge in [0.2, 0.25) is 0 Å². The van der Waals surface area contributed by atoms with Gasteiger partial charge in [-0.25, -0.2) is 0 Å². The molecular weight excluding hydrogens is 316 g/mol. The van der Waals surface area contributed by atoms with E-state index in [-0.39, 0.29) is 5.91 Å². The van der Waals surface area contributed by atoms with Crippen molar-refractivity contribution in [1.82, 2.24) is 9.88 Å². The molecule has 0 aliphatic heterocycles. The van der Waals surface area contributed by atoms with Crippen LogP contribution in [0.4, 0.5) is 0 Å². The van der Waals surface area contributed by atoms with Crippen molar-refractivity contribution in [3.05, 3.63) is 22.4 Å². The molecule has 3 fully saturated rings. The number of fused-ring (bicyclic) bond motifs is 2. The molecule has 0 saturated heterocycles. The molecule has 3 saturated carbocycles. The van der Waals surface area contributed by atoms with Crippen LogP contribution in [0.1, 0.15) is 55.1 Å². The minimum atomic E-state index is 0.102. The lowest BCUT2D eigenvalue weighted by atomic mass is 9.89.